The highest BCUT2D eigenvalue weighted by Gasteiger charge is 2.89. The molecular formula is C26H24O8. The summed E-state index contributed by atoms with van der Waals surface area (Å²) in [5.74, 6) is -5.57. The molecule has 5 rings (SSSR count). The van der Waals surface area contributed by atoms with Crippen molar-refractivity contribution in [3.05, 3.63) is 59.7 Å². The van der Waals surface area contributed by atoms with Crippen LogP contribution in [0.25, 0.3) is 0 Å². The van der Waals surface area contributed by atoms with Gasteiger partial charge in [-0.05, 0) is 52.0 Å². The Morgan fingerprint density at radius 2 is 1.06 bits per heavy atom. The Bertz CT molecular complexity index is 1120. The molecule has 1 saturated carbocycles. The smallest absolute Gasteiger partial charge is 0.352 e. The number of carbonyl (C=O) groups excluding carboxylic acids is 4. The van der Waals surface area contributed by atoms with Gasteiger partial charge in [-0.25, -0.2) is 9.59 Å². The summed E-state index contributed by atoms with van der Waals surface area (Å²) < 4.78 is 23.4. The number of hydrogen-bond donors (Lipinski definition) is 0. The van der Waals surface area contributed by atoms with E-state index in [-0.39, 0.29) is 22.6 Å². The van der Waals surface area contributed by atoms with E-state index in [1.165, 1.54) is 0 Å². The predicted molar refractivity (Wildman–Crippen MR) is 118 cm³/mol. The first-order chi connectivity index (χ1) is 16.1. The molecule has 0 atom stereocenters. The second-order valence-corrected chi connectivity index (χ2v) is 9.29. The van der Waals surface area contributed by atoms with Crippen molar-refractivity contribution in [1.82, 2.24) is 0 Å². The van der Waals surface area contributed by atoms with Crippen LogP contribution in [0.1, 0.15) is 48.4 Å². The van der Waals surface area contributed by atoms with Gasteiger partial charge in [0.25, 0.3) is 0 Å². The number of ether oxygens (including phenoxy) is 4. The molecule has 3 aliphatic rings. The van der Waals surface area contributed by atoms with Crippen LogP contribution in [0.3, 0.4) is 0 Å². The Morgan fingerprint density at radius 3 is 1.41 bits per heavy atom. The average Bonchev–Trinajstić information content (AvgIpc) is 2.76. The van der Waals surface area contributed by atoms with Crippen LogP contribution in [0.5, 0.6) is 11.5 Å². The SMILES string of the molecule is CC(C)OC(=O)C12Oc3ccccc3C(=O)C1C1(C(=O)OC(C)C)Oc3ccccc3C(=O)C21. The van der Waals surface area contributed by atoms with Crippen molar-refractivity contribution in [2.75, 3.05) is 0 Å². The quantitative estimate of drug-likeness (QED) is 0.636. The van der Waals surface area contributed by atoms with E-state index >= 15 is 0 Å². The van der Waals surface area contributed by atoms with Crippen molar-refractivity contribution in [3.8, 4) is 11.5 Å². The molecule has 1 fully saturated rings. The maximum Gasteiger partial charge on any atom is 0.352 e. The van der Waals surface area contributed by atoms with Crippen LogP contribution in [0.15, 0.2) is 48.5 Å². The van der Waals surface area contributed by atoms with Gasteiger partial charge in [0.05, 0.1) is 23.3 Å². The Kier molecular flexibility index (Phi) is 4.83. The third-order valence-corrected chi connectivity index (χ3v) is 6.43. The van der Waals surface area contributed by atoms with Crippen molar-refractivity contribution in [2.24, 2.45) is 11.8 Å². The molecule has 0 amide bonds. The van der Waals surface area contributed by atoms with Crippen molar-refractivity contribution in [1.29, 1.82) is 0 Å². The van der Waals surface area contributed by atoms with E-state index in [1.807, 2.05) is 0 Å². The predicted octanol–water partition coefficient (Wildman–Crippen LogP) is 3.16. The van der Waals surface area contributed by atoms with Crippen LogP contribution in [-0.4, -0.2) is 46.9 Å². The van der Waals surface area contributed by atoms with Crippen molar-refractivity contribution < 1.29 is 38.1 Å². The van der Waals surface area contributed by atoms with E-state index in [2.05, 4.69) is 0 Å². The van der Waals surface area contributed by atoms with Crippen molar-refractivity contribution in [2.45, 2.75) is 51.1 Å². The maximum absolute atomic E-state index is 13.9. The van der Waals surface area contributed by atoms with Crippen LogP contribution < -0.4 is 9.47 Å². The first-order valence-electron chi connectivity index (χ1n) is 11.2. The van der Waals surface area contributed by atoms with Crippen LogP contribution in [0, 0.1) is 11.8 Å². The molecule has 176 valence electrons. The number of ketones is 2. The topological polar surface area (TPSA) is 105 Å². The normalized spacial score (nSPS) is 28.4. The summed E-state index contributed by atoms with van der Waals surface area (Å²) in [7, 11) is 0. The number of para-hydroxylation sites is 2. The van der Waals surface area contributed by atoms with Gasteiger partial charge in [-0.3, -0.25) is 9.59 Å². The van der Waals surface area contributed by atoms with Crippen LogP contribution in [0.2, 0.25) is 0 Å². The highest BCUT2D eigenvalue weighted by Crippen LogP contribution is 2.64. The lowest BCUT2D eigenvalue weighted by atomic mass is 9.45. The summed E-state index contributed by atoms with van der Waals surface area (Å²) in [5, 5.41) is 0. The Morgan fingerprint density at radius 1 is 0.706 bits per heavy atom. The molecule has 0 radical (unpaired) electrons. The summed E-state index contributed by atoms with van der Waals surface area (Å²) in [4.78, 5) is 54.9. The van der Waals surface area contributed by atoms with E-state index < -0.39 is 58.8 Å². The van der Waals surface area contributed by atoms with Crippen molar-refractivity contribution >= 4 is 23.5 Å². The number of rotatable bonds is 4. The molecule has 34 heavy (non-hydrogen) atoms. The van der Waals surface area contributed by atoms with Gasteiger partial charge in [0.1, 0.15) is 23.3 Å². The molecular weight excluding hydrogens is 440 g/mol. The molecule has 1 aliphatic carbocycles. The second-order valence-electron chi connectivity index (χ2n) is 9.29. The monoisotopic (exact) mass is 464 g/mol. The molecule has 2 heterocycles. The Balaban J connectivity index is 1.78. The van der Waals surface area contributed by atoms with Crippen molar-refractivity contribution in [3.63, 3.8) is 0 Å². The van der Waals surface area contributed by atoms with Gasteiger partial charge in [0.15, 0.2) is 11.6 Å². The van der Waals surface area contributed by atoms with Gasteiger partial charge in [-0.1, -0.05) is 24.3 Å². The molecule has 0 aromatic heterocycles. The fraction of sp³-hybridized carbons (Fsp3) is 0.385. The fourth-order valence-electron chi connectivity index (χ4n) is 5.25. The molecule has 0 N–H and O–H groups in total. The lowest BCUT2D eigenvalue weighted by Crippen LogP contribution is -2.88. The van der Waals surface area contributed by atoms with Gasteiger partial charge >= 0.3 is 11.9 Å². The third-order valence-electron chi connectivity index (χ3n) is 6.43. The number of esters is 2. The van der Waals surface area contributed by atoms with E-state index in [9.17, 15) is 19.2 Å². The van der Waals surface area contributed by atoms with Gasteiger partial charge < -0.3 is 18.9 Å². The number of fused-ring (bicyclic) bond motifs is 6. The number of benzene rings is 2. The molecule has 8 nitrogen and oxygen atoms in total. The highest BCUT2D eigenvalue weighted by molar-refractivity contribution is 6.19. The van der Waals surface area contributed by atoms with E-state index in [4.69, 9.17) is 18.9 Å². The van der Waals surface area contributed by atoms with Crippen LogP contribution >= 0.6 is 0 Å². The summed E-state index contributed by atoms with van der Waals surface area (Å²) in [5.41, 5.74) is -3.77. The Labute approximate surface area is 196 Å². The number of Topliss-reactive ketones (excluding diaryl/α,β-unsaturated/α-hetero) is 2. The molecule has 0 saturated heterocycles. The van der Waals surface area contributed by atoms with Crippen LogP contribution in [0.4, 0.5) is 0 Å². The lowest BCUT2D eigenvalue weighted by Gasteiger charge is -2.63. The standard InChI is InChI=1S/C26H24O8/c1-13(2)31-23(29)25-21(19(27)15-9-5-7-11-17(15)33-25)26(24(30)32-14(3)4)22(25)20(28)16-10-6-8-12-18(16)34-26/h5-14,21-22H,1-4H3. The zero-order valence-corrected chi connectivity index (χ0v) is 19.2. The zero-order valence-electron chi connectivity index (χ0n) is 19.2. The molecule has 2 aromatic rings. The first-order valence-corrected chi connectivity index (χ1v) is 11.2. The fourth-order valence-corrected chi connectivity index (χ4v) is 5.25. The van der Waals surface area contributed by atoms with Gasteiger partial charge in [0, 0.05) is 0 Å². The van der Waals surface area contributed by atoms with Crippen LogP contribution in [-0.2, 0) is 19.1 Å². The third kappa shape index (κ3) is 2.71. The molecule has 2 aromatic carbocycles. The molecule has 8 heteroatoms. The maximum atomic E-state index is 13.9. The summed E-state index contributed by atoms with van der Waals surface area (Å²) in [6, 6.07) is 12.8. The average molecular weight is 464 g/mol. The summed E-state index contributed by atoms with van der Waals surface area (Å²) >= 11 is 0. The van der Waals surface area contributed by atoms with Gasteiger partial charge in [-0.15, -0.1) is 0 Å². The van der Waals surface area contributed by atoms with Gasteiger partial charge in [0.2, 0.25) is 11.2 Å². The molecule has 2 aliphatic heterocycles. The van der Waals surface area contributed by atoms with E-state index in [0.717, 1.165) is 0 Å². The minimum atomic E-state index is -2.07. The number of hydrogen-bond acceptors (Lipinski definition) is 8. The Hall–Kier alpha value is -3.68. The number of carbonyl (C=O) groups is 4. The second kappa shape index (κ2) is 7.41. The molecule has 0 unspecified atom stereocenters. The van der Waals surface area contributed by atoms with E-state index in [1.54, 1.807) is 76.2 Å². The largest absolute Gasteiger partial charge is 0.473 e. The minimum absolute atomic E-state index is 0.141. The zero-order chi connectivity index (χ0) is 24.4. The summed E-state index contributed by atoms with van der Waals surface area (Å²) in [6.07, 6.45) is -1.11. The molecule has 0 bridgehead atoms. The first kappa shape index (κ1) is 22.1. The summed E-state index contributed by atoms with van der Waals surface area (Å²) in [6.45, 7) is 6.59. The highest BCUT2D eigenvalue weighted by atomic mass is 16.6. The lowest BCUT2D eigenvalue weighted by molar-refractivity contribution is -0.253. The van der Waals surface area contributed by atoms with Gasteiger partial charge in [-0.2, -0.15) is 0 Å². The molecule has 0 spiro atoms. The van der Waals surface area contributed by atoms with E-state index in [0.29, 0.717) is 0 Å². The minimum Gasteiger partial charge on any atom is -0.473 e.